The van der Waals surface area contributed by atoms with Gasteiger partial charge in [-0.2, -0.15) is 0 Å². The fraction of sp³-hybridized carbons (Fsp3) is 0.435. The first-order valence-electron chi connectivity index (χ1n) is 10.7. The fourth-order valence-electron chi connectivity index (χ4n) is 4.12. The molecule has 164 valence electrons. The van der Waals surface area contributed by atoms with Gasteiger partial charge in [-0.1, -0.05) is 30.3 Å². The summed E-state index contributed by atoms with van der Waals surface area (Å²) in [5, 5.41) is 2.94. The van der Waals surface area contributed by atoms with Gasteiger partial charge in [0.2, 0.25) is 17.7 Å². The van der Waals surface area contributed by atoms with Gasteiger partial charge < -0.3 is 19.5 Å². The van der Waals surface area contributed by atoms with Gasteiger partial charge in [-0.05, 0) is 17.7 Å². The highest BCUT2D eigenvalue weighted by atomic mass is 16.3. The average Bonchev–Trinajstić information content (AvgIpc) is 3.43. The zero-order valence-electron chi connectivity index (χ0n) is 17.5. The Morgan fingerprint density at radius 2 is 1.81 bits per heavy atom. The van der Waals surface area contributed by atoms with Crippen LogP contribution in [0.3, 0.4) is 0 Å². The molecule has 8 heteroatoms. The summed E-state index contributed by atoms with van der Waals surface area (Å²) >= 11 is 0. The van der Waals surface area contributed by atoms with Gasteiger partial charge in [-0.25, -0.2) is 0 Å². The van der Waals surface area contributed by atoms with Crippen molar-refractivity contribution in [3.63, 3.8) is 0 Å². The SMILES string of the molecule is O=C(CN1CCN(C(=O)[C@H]2CC(=O)N(Cc3ccco3)C2)CC1)NCc1ccccc1. The number of rotatable bonds is 7. The molecule has 2 aromatic rings. The van der Waals surface area contributed by atoms with Crippen LogP contribution >= 0.6 is 0 Å². The maximum atomic E-state index is 12.9. The summed E-state index contributed by atoms with van der Waals surface area (Å²) in [4.78, 5) is 43.0. The summed E-state index contributed by atoms with van der Waals surface area (Å²) in [5.74, 6) is 0.425. The third-order valence-corrected chi connectivity index (χ3v) is 5.87. The molecule has 31 heavy (non-hydrogen) atoms. The first-order valence-corrected chi connectivity index (χ1v) is 10.7. The average molecular weight is 425 g/mol. The zero-order chi connectivity index (χ0) is 21.6. The van der Waals surface area contributed by atoms with Gasteiger partial charge in [-0.15, -0.1) is 0 Å². The molecule has 2 aliphatic heterocycles. The van der Waals surface area contributed by atoms with Crippen LogP contribution in [0.15, 0.2) is 53.1 Å². The Kier molecular flexibility index (Phi) is 6.66. The molecule has 0 unspecified atom stereocenters. The molecule has 4 rings (SSSR count). The summed E-state index contributed by atoms with van der Waals surface area (Å²) in [6, 6.07) is 13.4. The van der Waals surface area contributed by atoms with Gasteiger partial charge in [0.1, 0.15) is 5.76 Å². The number of carbonyl (C=O) groups is 3. The van der Waals surface area contributed by atoms with E-state index >= 15 is 0 Å². The van der Waals surface area contributed by atoms with Crippen molar-refractivity contribution in [1.82, 2.24) is 20.0 Å². The zero-order valence-corrected chi connectivity index (χ0v) is 17.5. The number of nitrogens with zero attached hydrogens (tertiary/aromatic N) is 3. The highest BCUT2D eigenvalue weighted by Crippen LogP contribution is 2.23. The van der Waals surface area contributed by atoms with Crippen molar-refractivity contribution >= 4 is 17.7 Å². The molecule has 2 saturated heterocycles. The van der Waals surface area contributed by atoms with Crippen LogP contribution in [0.5, 0.6) is 0 Å². The van der Waals surface area contributed by atoms with Gasteiger partial charge in [0.25, 0.3) is 0 Å². The Hall–Kier alpha value is -3.13. The molecule has 1 N–H and O–H groups in total. The van der Waals surface area contributed by atoms with E-state index < -0.39 is 0 Å². The quantitative estimate of drug-likeness (QED) is 0.719. The van der Waals surface area contributed by atoms with Crippen molar-refractivity contribution in [1.29, 1.82) is 0 Å². The number of hydrogen-bond donors (Lipinski definition) is 1. The maximum absolute atomic E-state index is 12.9. The molecule has 3 heterocycles. The minimum absolute atomic E-state index is 0.0107. The molecular weight excluding hydrogens is 396 g/mol. The summed E-state index contributed by atoms with van der Waals surface area (Å²) in [6.45, 7) is 4.14. The molecule has 0 saturated carbocycles. The first-order chi connectivity index (χ1) is 15.1. The van der Waals surface area contributed by atoms with Crippen molar-refractivity contribution < 1.29 is 18.8 Å². The third kappa shape index (κ3) is 5.52. The van der Waals surface area contributed by atoms with Crippen molar-refractivity contribution in [2.45, 2.75) is 19.5 Å². The van der Waals surface area contributed by atoms with Crippen LogP contribution in [0.1, 0.15) is 17.7 Å². The lowest BCUT2D eigenvalue weighted by Crippen LogP contribution is -2.52. The first kappa shape index (κ1) is 21.1. The van der Waals surface area contributed by atoms with E-state index in [0.29, 0.717) is 52.4 Å². The molecule has 2 aliphatic rings. The summed E-state index contributed by atoms with van der Waals surface area (Å²) in [7, 11) is 0. The highest BCUT2D eigenvalue weighted by molar-refractivity contribution is 5.89. The molecule has 0 bridgehead atoms. The molecule has 0 radical (unpaired) electrons. The van der Waals surface area contributed by atoms with E-state index in [9.17, 15) is 14.4 Å². The summed E-state index contributed by atoms with van der Waals surface area (Å²) in [5.41, 5.74) is 1.07. The van der Waals surface area contributed by atoms with Crippen LogP contribution in [0.2, 0.25) is 0 Å². The summed E-state index contributed by atoms with van der Waals surface area (Å²) < 4.78 is 5.31. The second-order valence-corrected chi connectivity index (χ2v) is 8.12. The summed E-state index contributed by atoms with van der Waals surface area (Å²) in [6.07, 6.45) is 1.83. The van der Waals surface area contributed by atoms with Crippen LogP contribution in [-0.4, -0.2) is 71.7 Å². The Morgan fingerprint density at radius 3 is 2.52 bits per heavy atom. The molecule has 1 aromatic carbocycles. The van der Waals surface area contributed by atoms with E-state index in [1.54, 1.807) is 17.2 Å². The van der Waals surface area contributed by atoms with E-state index in [2.05, 4.69) is 10.2 Å². The number of piperazine rings is 1. The lowest BCUT2D eigenvalue weighted by atomic mass is 10.1. The number of benzene rings is 1. The van der Waals surface area contributed by atoms with Crippen molar-refractivity contribution in [2.75, 3.05) is 39.3 Å². The molecule has 0 spiro atoms. The standard InChI is InChI=1S/C23H28N4O4/c28-21(24-14-18-5-2-1-3-6-18)17-25-8-10-26(11-9-25)23(30)19-13-22(29)27(15-19)16-20-7-4-12-31-20/h1-7,12,19H,8-11,13-17H2,(H,24,28)/t19-/m0/s1. The van der Waals surface area contributed by atoms with Crippen LogP contribution in [0, 0.1) is 5.92 Å². The lowest BCUT2D eigenvalue weighted by Gasteiger charge is -2.35. The number of carbonyl (C=O) groups excluding carboxylic acids is 3. The smallest absolute Gasteiger partial charge is 0.234 e. The Labute approximate surface area is 181 Å². The van der Waals surface area contributed by atoms with E-state index in [4.69, 9.17) is 4.42 Å². The van der Waals surface area contributed by atoms with Crippen LogP contribution in [0.25, 0.3) is 0 Å². The van der Waals surface area contributed by atoms with Gasteiger partial charge in [-0.3, -0.25) is 19.3 Å². The Balaban J connectivity index is 1.19. The Bertz CT molecular complexity index is 892. The van der Waals surface area contributed by atoms with E-state index in [0.717, 1.165) is 11.3 Å². The molecule has 2 fully saturated rings. The van der Waals surface area contributed by atoms with Gasteiger partial charge in [0.05, 0.1) is 25.3 Å². The monoisotopic (exact) mass is 424 g/mol. The van der Waals surface area contributed by atoms with E-state index in [1.165, 1.54) is 0 Å². The normalized spacial score (nSPS) is 19.6. The third-order valence-electron chi connectivity index (χ3n) is 5.87. The van der Waals surface area contributed by atoms with Gasteiger partial charge in [0, 0.05) is 45.7 Å². The largest absolute Gasteiger partial charge is 0.467 e. The lowest BCUT2D eigenvalue weighted by molar-refractivity contribution is -0.137. The predicted molar refractivity (Wildman–Crippen MR) is 114 cm³/mol. The second-order valence-electron chi connectivity index (χ2n) is 8.12. The van der Waals surface area contributed by atoms with Crippen LogP contribution in [-0.2, 0) is 27.5 Å². The molecule has 1 aromatic heterocycles. The number of likely N-dealkylation sites (tertiary alicyclic amines) is 1. The highest BCUT2D eigenvalue weighted by Gasteiger charge is 2.37. The number of furan rings is 1. The van der Waals surface area contributed by atoms with Gasteiger partial charge >= 0.3 is 0 Å². The maximum Gasteiger partial charge on any atom is 0.234 e. The van der Waals surface area contributed by atoms with E-state index in [-0.39, 0.29) is 30.1 Å². The number of hydrogen-bond acceptors (Lipinski definition) is 5. The minimum atomic E-state index is -0.303. The molecule has 3 amide bonds. The van der Waals surface area contributed by atoms with Gasteiger partial charge in [0.15, 0.2) is 0 Å². The van der Waals surface area contributed by atoms with Crippen molar-refractivity contribution in [3.05, 3.63) is 60.1 Å². The number of amides is 3. The van der Waals surface area contributed by atoms with Crippen molar-refractivity contribution in [3.8, 4) is 0 Å². The van der Waals surface area contributed by atoms with Crippen LogP contribution in [0.4, 0.5) is 0 Å². The Morgan fingerprint density at radius 1 is 1.03 bits per heavy atom. The molecular formula is C23H28N4O4. The minimum Gasteiger partial charge on any atom is -0.467 e. The topological polar surface area (TPSA) is 86.1 Å². The second kappa shape index (κ2) is 9.78. The molecule has 1 atom stereocenters. The fourth-order valence-corrected chi connectivity index (χ4v) is 4.12. The van der Waals surface area contributed by atoms with Crippen molar-refractivity contribution in [2.24, 2.45) is 5.92 Å². The predicted octanol–water partition coefficient (Wildman–Crippen LogP) is 1.09. The molecule has 0 aliphatic carbocycles. The van der Waals surface area contributed by atoms with Crippen LogP contribution < -0.4 is 5.32 Å². The molecule has 8 nitrogen and oxygen atoms in total. The van der Waals surface area contributed by atoms with E-state index in [1.807, 2.05) is 41.3 Å². The number of nitrogens with one attached hydrogen (secondary N) is 1.